The minimum atomic E-state index is 0.188. The summed E-state index contributed by atoms with van der Waals surface area (Å²) in [5.41, 5.74) is 3.29. The predicted molar refractivity (Wildman–Crippen MR) is 88.5 cm³/mol. The molecule has 120 valence electrons. The highest BCUT2D eigenvalue weighted by Gasteiger charge is 2.11. The van der Waals surface area contributed by atoms with Crippen LogP contribution in [0.5, 0.6) is 0 Å². The molecule has 0 bridgehead atoms. The zero-order valence-electron chi connectivity index (χ0n) is 13.3. The Kier molecular flexibility index (Phi) is 3.42. The molecule has 4 aromatic rings. The SMILES string of the molecule is CC(=NOCc1nc2c3cnn(C)c3ncn2n1)c1ccccc1. The Morgan fingerprint density at radius 3 is 2.88 bits per heavy atom. The first-order valence-corrected chi connectivity index (χ1v) is 7.46. The number of hydrogen-bond donors (Lipinski definition) is 0. The molecule has 0 saturated carbocycles. The summed E-state index contributed by atoms with van der Waals surface area (Å²) in [4.78, 5) is 14.2. The first-order valence-electron chi connectivity index (χ1n) is 7.46. The summed E-state index contributed by atoms with van der Waals surface area (Å²) in [6.45, 7) is 2.09. The Balaban J connectivity index is 1.56. The molecule has 0 spiro atoms. The Labute approximate surface area is 137 Å². The minimum Gasteiger partial charge on any atom is -0.387 e. The molecule has 8 nitrogen and oxygen atoms in total. The standard InChI is InChI=1S/C16H15N7O/c1-11(12-6-4-3-5-7-12)21-24-9-14-19-16-13-8-18-22(2)15(13)17-10-23(16)20-14/h3-8,10H,9H2,1-2H3. The lowest BCUT2D eigenvalue weighted by atomic mass is 10.1. The monoisotopic (exact) mass is 321 g/mol. The number of oxime groups is 1. The fourth-order valence-corrected chi connectivity index (χ4v) is 2.46. The van der Waals surface area contributed by atoms with Gasteiger partial charge in [0.25, 0.3) is 0 Å². The maximum Gasteiger partial charge on any atom is 0.192 e. The number of rotatable bonds is 4. The van der Waals surface area contributed by atoms with Crippen LogP contribution in [-0.2, 0) is 18.5 Å². The Bertz CT molecular complexity index is 1030. The summed E-state index contributed by atoms with van der Waals surface area (Å²) in [5.74, 6) is 0.540. The van der Waals surface area contributed by atoms with E-state index in [1.54, 1.807) is 21.7 Å². The van der Waals surface area contributed by atoms with Gasteiger partial charge < -0.3 is 4.84 Å². The Morgan fingerprint density at radius 1 is 1.21 bits per heavy atom. The number of aromatic nitrogens is 6. The molecule has 0 N–H and O–H groups in total. The lowest BCUT2D eigenvalue weighted by Gasteiger charge is -2.00. The smallest absolute Gasteiger partial charge is 0.192 e. The lowest BCUT2D eigenvalue weighted by Crippen LogP contribution is -1.97. The van der Waals surface area contributed by atoms with Crippen LogP contribution in [0.25, 0.3) is 16.7 Å². The molecule has 1 aromatic carbocycles. The average molecular weight is 321 g/mol. The van der Waals surface area contributed by atoms with Gasteiger partial charge in [0.1, 0.15) is 6.33 Å². The number of fused-ring (bicyclic) bond motifs is 3. The van der Waals surface area contributed by atoms with E-state index in [0.717, 1.165) is 22.3 Å². The van der Waals surface area contributed by atoms with E-state index in [4.69, 9.17) is 4.84 Å². The van der Waals surface area contributed by atoms with Crippen molar-refractivity contribution in [3.8, 4) is 0 Å². The van der Waals surface area contributed by atoms with Gasteiger partial charge in [-0.1, -0.05) is 35.5 Å². The van der Waals surface area contributed by atoms with Crippen LogP contribution in [0.4, 0.5) is 0 Å². The molecule has 3 heterocycles. The van der Waals surface area contributed by atoms with Gasteiger partial charge in [0.15, 0.2) is 23.7 Å². The van der Waals surface area contributed by atoms with Crippen LogP contribution in [0.1, 0.15) is 18.3 Å². The van der Waals surface area contributed by atoms with Crippen molar-refractivity contribution in [1.29, 1.82) is 0 Å². The molecular weight excluding hydrogens is 306 g/mol. The molecule has 0 saturated heterocycles. The summed E-state index contributed by atoms with van der Waals surface area (Å²) in [7, 11) is 1.84. The van der Waals surface area contributed by atoms with Crippen LogP contribution in [0, 0.1) is 0 Å². The number of aryl methyl sites for hydroxylation is 1. The van der Waals surface area contributed by atoms with Crippen LogP contribution in [0.3, 0.4) is 0 Å². The fourth-order valence-electron chi connectivity index (χ4n) is 2.46. The van der Waals surface area contributed by atoms with Gasteiger partial charge in [-0.2, -0.15) is 5.10 Å². The van der Waals surface area contributed by atoms with Gasteiger partial charge in [-0.25, -0.2) is 14.5 Å². The first-order chi connectivity index (χ1) is 11.7. The zero-order valence-corrected chi connectivity index (χ0v) is 13.3. The highest BCUT2D eigenvalue weighted by molar-refractivity contribution is 5.98. The highest BCUT2D eigenvalue weighted by Crippen LogP contribution is 2.15. The van der Waals surface area contributed by atoms with Crippen LogP contribution >= 0.6 is 0 Å². The molecule has 3 aromatic heterocycles. The number of benzene rings is 1. The van der Waals surface area contributed by atoms with Crippen LogP contribution in [-0.4, -0.2) is 35.1 Å². The van der Waals surface area contributed by atoms with Gasteiger partial charge in [0.05, 0.1) is 17.3 Å². The third kappa shape index (κ3) is 2.47. The molecule has 0 atom stereocenters. The van der Waals surface area contributed by atoms with Gasteiger partial charge in [0.2, 0.25) is 0 Å². The summed E-state index contributed by atoms with van der Waals surface area (Å²) in [5, 5.41) is 13.5. The molecule has 0 aliphatic rings. The van der Waals surface area contributed by atoms with E-state index in [1.807, 2.05) is 44.3 Å². The number of hydrogen-bond acceptors (Lipinski definition) is 6. The second-order valence-corrected chi connectivity index (χ2v) is 5.36. The maximum absolute atomic E-state index is 5.39. The molecule has 4 rings (SSSR count). The zero-order chi connectivity index (χ0) is 16.5. The van der Waals surface area contributed by atoms with Gasteiger partial charge in [0, 0.05) is 7.05 Å². The second-order valence-electron chi connectivity index (χ2n) is 5.36. The predicted octanol–water partition coefficient (Wildman–Crippen LogP) is 1.95. The number of nitrogens with zero attached hydrogens (tertiary/aromatic N) is 7. The van der Waals surface area contributed by atoms with Crippen molar-refractivity contribution in [3.63, 3.8) is 0 Å². The molecule has 24 heavy (non-hydrogen) atoms. The van der Waals surface area contributed by atoms with Crippen molar-refractivity contribution in [3.05, 3.63) is 54.2 Å². The van der Waals surface area contributed by atoms with Gasteiger partial charge in [-0.05, 0) is 12.5 Å². The third-order valence-corrected chi connectivity index (χ3v) is 3.70. The summed E-state index contributed by atoms with van der Waals surface area (Å²) in [6, 6.07) is 9.85. The van der Waals surface area contributed by atoms with E-state index in [-0.39, 0.29) is 6.61 Å². The van der Waals surface area contributed by atoms with Gasteiger partial charge in [-0.15, -0.1) is 5.10 Å². The topological polar surface area (TPSA) is 82.5 Å². The van der Waals surface area contributed by atoms with Crippen molar-refractivity contribution in [2.24, 2.45) is 12.2 Å². The van der Waals surface area contributed by atoms with Crippen LogP contribution in [0.2, 0.25) is 0 Å². The molecule has 0 aliphatic heterocycles. The normalized spacial score (nSPS) is 12.2. The van der Waals surface area contributed by atoms with Crippen molar-refractivity contribution in [2.45, 2.75) is 13.5 Å². The van der Waals surface area contributed by atoms with Crippen molar-refractivity contribution in [2.75, 3.05) is 0 Å². The molecule has 0 aliphatic carbocycles. The Morgan fingerprint density at radius 2 is 2.04 bits per heavy atom. The molecule has 0 radical (unpaired) electrons. The van der Waals surface area contributed by atoms with Crippen molar-refractivity contribution in [1.82, 2.24) is 29.4 Å². The van der Waals surface area contributed by atoms with Crippen molar-refractivity contribution >= 4 is 22.4 Å². The molecule has 8 heteroatoms. The van der Waals surface area contributed by atoms with Crippen LogP contribution < -0.4 is 0 Å². The summed E-state index contributed by atoms with van der Waals surface area (Å²) < 4.78 is 3.32. The largest absolute Gasteiger partial charge is 0.387 e. The van der Waals surface area contributed by atoms with Crippen molar-refractivity contribution < 1.29 is 4.84 Å². The molecule has 0 fully saturated rings. The molecule has 0 unspecified atom stereocenters. The molecular formula is C16H15N7O. The fraction of sp³-hybridized carbons (Fsp3) is 0.188. The first kappa shape index (κ1) is 14.3. The van der Waals surface area contributed by atoms with Gasteiger partial charge in [-0.3, -0.25) is 4.68 Å². The third-order valence-electron chi connectivity index (χ3n) is 3.70. The lowest BCUT2D eigenvalue weighted by molar-refractivity contribution is 0.125. The second kappa shape index (κ2) is 5.73. The van der Waals surface area contributed by atoms with Crippen LogP contribution in [0.15, 0.2) is 48.0 Å². The molecule has 0 amide bonds. The average Bonchev–Trinajstić information content (AvgIpc) is 3.19. The van der Waals surface area contributed by atoms with Gasteiger partial charge >= 0.3 is 0 Å². The Hall–Kier alpha value is -3.29. The summed E-state index contributed by atoms with van der Waals surface area (Å²) >= 11 is 0. The van der Waals surface area contributed by atoms with E-state index in [9.17, 15) is 0 Å². The van der Waals surface area contributed by atoms with E-state index in [1.165, 1.54) is 0 Å². The highest BCUT2D eigenvalue weighted by atomic mass is 16.6. The maximum atomic E-state index is 5.39. The minimum absolute atomic E-state index is 0.188. The van der Waals surface area contributed by atoms with E-state index < -0.39 is 0 Å². The quantitative estimate of drug-likeness (QED) is 0.424. The summed E-state index contributed by atoms with van der Waals surface area (Å²) in [6.07, 6.45) is 3.35. The van der Waals surface area contributed by atoms with E-state index >= 15 is 0 Å². The van der Waals surface area contributed by atoms with E-state index in [0.29, 0.717) is 11.5 Å². The van der Waals surface area contributed by atoms with E-state index in [2.05, 4.69) is 25.3 Å².